The Morgan fingerprint density at radius 3 is 2.41 bits per heavy atom. The fourth-order valence-corrected chi connectivity index (χ4v) is 6.20. The van der Waals surface area contributed by atoms with Gasteiger partial charge in [0, 0.05) is 14.8 Å². The quantitative estimate of drug-likeness (QED) is 0.247. The molecule has 0 bridgehead atoms. The summed E-state index contributed by atoms with van der Waals surface area (Å²) in [7, 11) is -1.79. The number of aromatic nitrogens is 1. The van der Waals surface area contributed by atoms with Crippen LogP contribution in [0, 0.1) is 12.7 Å². The molecule has 1 aromatic heterocycles. The van der Waals surface area contributed by atoms with Crippen LogP contribution < -0.4 is 0 Å². The minimum atomic E-state index is -1.79. The van der Waals surface area contributed by atoms with Crippen LogP contribution in [-0.2, 0) is 10.8 Å². The average molecular weight is 543 g/mol. The molecule has 22 heavy (non-hydrogen) atoms. The highest BCUT2D eigenvalue weighted by molar-refractivity contribution is 14.1. The molecule has 1 atom stereocenters. The third kappa shape index (κ3) is 4.06. The van der Waals surface area contributed by atoms with E-state index in [1.807, 2.05) is 0 Å². The molecule has 0 fully saturated rings. The lowest BCUT2D eigenvalue weighted by atomic mass is 9.75. The van der Waals surface area contributed by atoms with E-state index in [0.717, 1.165) is 16.5 Å². The van der Waals surface area contributed by atoms with Gasteiger partial charge in [-0.25, -0.2) is 4.98 Å². The summed E-state index contributed by atoms with van der Waals surface area (Å²) < 4.78 is 9.22. The Labute approximate surface area is 163 Å². The van der Waals surface area contributed by atoms with Gasteiger partial charge >= 0.3 is 0 Å². The van der Waals surface area contributed by atoms with E-state index in [9.17, 15) is 0 Å². The molecule has 1 heterocycles. The van der Waals surface area contributed by atoms with E-state index in [4.69, 9.17) is 9.41 Å². The highest BCUT2D eigenvalue weighted by atomic mass is 127. The van der Waals surface area contributed by atoms with Gasteiger partial charge in [0.1, 0.15) is 3.70 Å². The second kappa shape index (κ2) is 6.26. The minimum Gasteiger partial charge on any atom is -0.410 e. The molecule has 0 saturated carbocycles. The van der Waals surface area contributed by atoms with Crippen LogP contribution in [0.25, 0.3) is 0 Å². The molecule has 0 aromatic carbocycles. The Hall–Kier alpha value is 0.787. The summed E-state index contributed by atoms with van der Waals surface area (Å²) in [4.78, 5) is 4.83. The van der Waals surface area contributed by atoms with Crippen molar-refractivity contribution in [2.45, 2.75) is 71.7 Å². The van der Waals surface area contributed by atoms with E-state index in [1.54, 1.807) is 0 Å². The molecular formula is C17H27I2NOSi. The second-order valence-corrected chi connectivity index (χ2v) is 15.7. The third-order valence-electron chi connectivity index (χ3n) is 5.00. The second-order valence-electron chi connectivity index (χ2n) is 8.70. The molecule has 0 saturated heterocycles. The van der Waals surface area contributed by atoms with Crippen LogP contribution in [0.3, 0.4) is 0 Å². The first-order chi connectivity index (χ1) is 9.82. The Bertz CT molecular complexity index is 579. The zero-order chi connectivity index (χ0) is 16.9. The Morgan fingerprint density at radius 2 is 1.86 bits per heavy atom. The maximum Gasteiger partial charge on any atom is 0.192 e. The van der Waals surface area contributed by atoms with Crippen molar-refractivity contribution in [1.29, 1.82) is 0 Å². The number of halogens is 2. The third-order valence-corrected chi connectivity index (χ3v) is 10.9. The van der Waals surface area contributed by atoms with Gasteiger partial charge in [-0.2, -0.15) is 0 Å². The molecule has 1 aromatic rings. The van der Waals surface area contributed by atoms with Gasteiger partial charge in [0.05, 0.1) is 6.10 Å². The minimum absolute atomic E-state index is 0.191. The van der Waals surface area contributed by atoms with Crippen LogP contribution in [0.5, 0.6) is 0 Å². The maximum atomic E-state index is 6.82. The van der Waals surface area contributed by atoms with Crippen molar-refractivity contribution in [3.63, 3.8) is 0 Å². The normalized spacial score (nSPS) is 21.6. The first-order valence-electron chi connectivity index (χ1n) is 7.85. The lowest BCUT2D eigenvalue weighted by Crippen LogP contribution is -2.44. The molecule has 1 aliphatic rings. The molecule has 0 spiro atoms. The molecule has 0 unspecified atom stereocenters. The van der Waals surface area contributed by atoms with Gasteiger partial charge in [-0.15, -0.1) is 0 Å². The molecule has 5 heteroatoms. The van der Waals surface area contributed by atoms with Gasteiger partial charge in [0.25, 0.3) is 0 Å². The highest BCUT2D eigenvalue weighted by Crippen LogP contribution is 2.48. The summed E-state index contributed by atoms with van der Waals surface area (Å²) in [5, 5.41) is 0.233. The van der Waals surface area contributed by atoms with E-state index in [-0.39, 0.29) is 16.6 Å². The number of hydrogen-bond acceptors (Lipinski definition) is 2. The molecule has 1 aliphatic carbocycles. The Balaban J connectivity index is 2.46. The van der Waals surface area contributed by atoms with E-state index in [1.165, 1.54) is 14.8 Å². The number of rotatable bonds is 2. The van der Waals surface area contributed by atoms with Crippen LogP contribution in [0.4, 0.5) is 0 Å². The number of hydrogen-bond donors (Lipinski definition) is 0. The van der Waals surface area contributed by atoms with Crippen molar-refractivity contribution in [3.05, 3.63) is 24.6 Å². The molecule has 0 N–H and O–H groups in total. The maximum absolute atomic E-state index is 6.82. The van der Waals surface area contributed by atoms with Gasteiger partial charge in [-0.3, -0.25) is 0 Å². The van der Waals surface area contributed by atoms with Gasteiger partial charge < -0.3 is 4.43 Å². The smallest absolute Gasteiger partial charge is 0.192 e. The van der Waals surface area contributed by atoms with Crippen molar-refractivity contribution >= 4 is 53.5 Å². The van der Waals surface area contributed by atoms with Crippen molar-refractivity contribution in [1.82, 2.24) is 4.98 Å². The summed E-state index contributed by atoms with van der Waals surface area (Å²) in [6.07, 6.45) is 2.33. The summed E-state index contributed by atoms with van der Waals surface area (Å²) in [5.41, 5.74) is 2.85. The van der Waals surface area contributed by atoms with Crippen LogP contribution in [0.1, 0.15) is 58.4 Å². The van der Waals surface area contributed by atoms with Crippen LogP contribution in [-0.4, -0.2) is 13.3 Å². The monoisotopic (exact) mass is 543 g/mol. The van der Waals surface area contributed by atoms with Crippen LogP contribution in [0.15, 0.2) is 6.07 Å². The van der Waals surface area contributed by atoms with Crippen LogP contribution in [0.2, 0.25) is 18.1 Å². The zero-order valence-electron chi connectivity index (χ0n) is 14.7. The molecule has 124 valence electrons. The van der Waals surface area contributed by atoms with Crippen molar-refractivity contribution < 1.29 is 4.43 Å². The average Bonchev–Trinajstić information content (AvgIpc) is 2.22. The van der Waals surface area contributed by atoms with Gasteiger partial charge in [-0.05, 0) is 87.6 Å². The molecule has 0 aliphatic heterocycles. The SMILES string of the molecule is CC1(C)Cc2nc(I)cc(I)c2[C@@H](O[Si](C)(C)C(C)(C)C)C1. The first kappa shape index (κ1) is 19.1. The van der Waals surface area contributed by atoms with Crippen molar-refractivity contribution in [2.24, 2.45) is 5.41 Å². The number of nitrogens with zero attached hydrogens (tertiary/aromatic N) is 1. The van der Waals surface area contributed by atoms with E-state index in [2.05, 4.69) is 99.0 Å². The molecule has 0 radical (unpaired) electrons. The van der Waals surface area contributed by atoms with Crippen molar-refractivity contribution in [3.8, 4) is 0 Å². The largest absolute Gasteiger partial charge is 0.410 e. The highest BCUT2D eigenvalue weighted by Gasteiger charge is 2.43. The summed E-state index contributed by atoms with van der Waals surface area (Å²) >= 11 is 4.78. The Morgan fingerprint density at radius 1 is 1.27 bits per heavy atom. The van der Waals surface area contributed by atoms with E-state index in [0.29, 0.717) is 0 Å². The first-order valence-corrected chi connectivity index (χ1v) is 12.9. The standard InChI is InChI=1S/C17H27I2NOSi/c1-16(2,3)22(6,7)21-13-10-17(4,5)9-12-15(13)11(18)8-14(19)20-12/h8,13H,9-10H2,1-7H3/t13-/m0/s1. The number of fused-ring (bicyclic) bond motifs is 1. The summed E-state index contributed by atoms with van der Waals surface area (Å²) in [5.74, 6) is 0. The van der Waals surface area contributed by atoms with Gasteiger partial charge in [0.2, 0.25) is 0 Å². The van der Waals surface area contributed by atoms with Crippen LogP contribution >= 0.6 is 45.2 Å². The summed E-state index contributed by atoms with van der Waals surface area (Å²) in [6, 6.07) is 2.18. The zero-order valence-corrected chi connectivity index (χ0v) is 20.0. The molecule has 2 nitrogen and oxygen atoms in total. The van der Waals surface area contributed by atoms with E-state index < -0.39 is 8.32 Å². The van der Waals surface area contributed by atoms with E-state index >= 15 is 0 Å². The Kier molecular flexibility index (Phi) is 5.44. The van der Waals surface area contributed by atoms with Gasteiger partial charge in [-0.1, -0.05) is 34.6 Å². The molecule has 2 rings (SSSR count). The molecular weight excluding hydrogens is 516 g/mol. The van der Waals surface area contributed by atoms with Crippen molar-refractivity contribution in [2.75, 3.05) is 0 Å². The fraction of sp³-hybridized carbons (Fsp3) is 0.706. The predicted octanol–water partition coefficient (Wildman–Crippen LogP) is 6.33. The summed E-state index contributed by atoms with van der Waals surface area (Å²) in [6.45, 7) is 16.3. The number of pyridine rings is 1. The lowest BCUT2D eigenvalue weighted by Gasteiger charge is -2.44. The molecule has 0 amide bonds. The van der Waals surface area contributed by atoms with Gasteiger partial charge in [0.15, 0.2) is 8.32 Å². The lowest BCUT2D eigenvalue weighted by molar-refractivity contribution is 0.105. The topological polar surface area (TPSA) is 22.1 Å². The predicted molar refractivity (Wildman–Crippen MR) is 113 cm³/mol. The fourth-order valence-electron chi connectivity index (χ4n) is 2.78.